The highest BCUT2D eigenvalue weighted by Crippen LogP contribution is 2.65. The molecule has 1 saturated carbocycles. The Morgan fingerprint density at radius 1 is 1.28 bits per heavy atom. The molecule has 0 radical (unpaired) electrons. The first-order valence-corrected chi connectivity index (χ1v) is 7.93. The predicted molar refractivity (Wildman–Crippen MR) is 79.7 cm³/mol. The van der Waals surface area contributed by atoms with E-state index in [1.165, 1.54) is 12.1 Å². The molecular formula is C17H16O8. The van der Waals surface area contributed by atoms with Crippen LogP contribution >= 0.6 is 0 Å². The summed E-state index contributed by atoms with van der Waals surface area (Å²) in [5, 5.41) is 29.8. The molecule has 2 aliphatic heterocycles. The molecule has 3 fully saturated rings. The summed E-state index contributed by atoms with van der Waals surface area (Å²) in [6.45, 7) is -0.192. The highest BCUT2D eigenvalue weighted by Gasteiger charge is 2.78. The van der Waals surface area contributed by atoms with E-state index in [1.807, 2.05) is 0 Å². The number of hydrogen-bond donors (Lipinski definition) is 3. The summed E-state index contributed by atoms with van der Waals surface area (Å²) in [4.78, 5) is 37.1. The number of carbonyl (C=O) groups excluding carboxylic acids is 3. The number of esters is 2. The molecule has 1 aromatic rings. The van der Waals surface area contributed by atoms with Crippen LogP contribution in [0.1, 0.15) is 29.6 Å². The maximum absolute atomic E-state index is 12.7. The maximum Gasteiger partial charge on any atom is 0.336 e. The van der Waals surface area contributed by atoms with Crippen molar-refractivity contribution < 1.29 is 39.2 Å². The van der Waals surface area contributed by atoms with Crippen LogP contribution in [-0.2, 0) is 19.1 Å². The number of aliphatic hydroxyl groups excluding tert-OH is 1. The first kappa shape index (κ1) is 15.9. The summed E-state index contributed by atoms with van der Waals surface area (Å²) < 4.78 is 10.3. The van der Waals surface area contributed by atoms with Gasteiger partial charge in [-0.15, -0.1) is 0 Å². The van der Waals surface area contributed by atoms with Crippen molar-refractivity contribution in [1.29, 1.82) is 0 Å². The minimum absolute atomic E-state index is 0.132. The quantitative estimate of drug-likeness (QED) is 0.403. The highest BCUT2D eigenvalue weighted by atomic mass is 16.6. The van der Waals surface area contributed by atoms with E-state index < -0.39 is 40.8 Å². The second kappa shape index (κ2) is 4.95. The molecule has 2 heterocycles. The number of ether oxygens (including phenoxy) is 2. The molecule has 3 aliphatic rings. The Bertz CT molecular complexity index is 802. The normalized spacial score (nSPS) is 35.9. The van der Waals surface area contributed by atoms with E-state index in [2.05, 4.69) is 0 Å². The van der Waals surface area contributed by atoms with Gasteiger partial charge in [0.2, 0.25) is 0 Å². The van der Waals surface area contributed by atoms with E-state index in [4.69, 9.17) is 9.47 Å². The number of aliphatic hydroxyl groups is 1. The van der Waals surface area contributed by atoms with Crippen molar-refractivity contribution in [3.8, 4) is 11.5 Å². The molecule has 2 saturated heterocycles. The summed E-state index contributed by atoms with van der Waals surface area (Å²) in [5.41, 5.74) is -2.81. The van der Waals surface area contributed by atoms with Crippen molar-refractivity contribution in [2.75, 3.05) is 6.61 Å². The third kappa shape index (κ3) is 1.82. The maximum atomic E-state index is 12.7. The Labute approximate surface area is 142 Å². The molecule has 0 amide bonds. The number of aromatic hydroxyl groups is 2. The Balaban J connectivity index is 1.75. The number of benzene rings is 1. The molecule has 8 nitrogen and oxygen atoms in total. The summed E-state index contributed by atoms with van der Waals surface area (Å²) >= 11 is 0. The molecule has 8 heteroatoms. The van der Waals surface area contributed by atoms with Gasteiger partial charge in [0.15, 0.2) is 11.9 Å². The minimum Gasteiger partial charge on any atom is -0.508 e. The molecule has 1 aliphatic carbocycles. The van der Waals surface area contributed by atoms with Crippen molar-refractivity contribution in [2.24, 2.45) is 10.8 Å². The zero-order valence-electron chi connectivity index (χ0n) is 13.1. The lowest BCUT2D eigenvalue weighted by atomic mass is 9.62. The number of carbonyl (C=O) groups is 3. The zero-order valence-corrected chi connectivity index (χ0v) is 13.1. The van der Waals surface area contributed by atoms with E-state index in [9.17, 15) is 29.7 Å². The lowest BCUT2D eigenvalue weighted by molar-refractivity contribution is -0.149. The van der Waals surface area contributed by atoms with Gasteiger partial charge in [0.1, 0.15) is 24.2 Å². The molecule has 0 aromatic heterocycles. The van der Waals surface area contributed by atoms with Gasteiger partial charge in [-0.1, -0.05) is 0 Å². The molecular weight excluding hydrogens is 332 g/mol. The van der Waals surface area contributed by atoms with Crippen LogP contribution in [0, 0.1) is 10.8 Å². The summed E-state index contributed by atoms with van der Waals surface area (Å²) in [6, 6.07) is 3.52. The van der Waals surface area contributed by atoms with E-state index in [0.717, 1.165) is 6.07 Å². The standard InChI is InChI=1S/C17H16O8/c18-8-1-2-10(19)9(5-8)11(20)6-16-4-3-12-17(16,7-24-15(16)23)13(21)14(22)25-12/h1-2,5,12-13,18-19,21H,3-4,6-7H2/t12-,13+,16-,17+/m0/s1. The molecule has 4 atom stereocenters. The van der Waals surface area contributed by atoms with Crippen molar-refractivity contribution in [1.82, 2.24) is 0 Å². The van der Waals surface area contributed by atoms with Gasteiger partial charge in [-0.3, -0.25) is 9.59 Å². The van der Waals surface area contributed by atoms with Gasteiger partial charge < -0.3 is 24.8 Å². The number of phenolic OH excluding ortho intramolecular Hbond substituents is 2. The highest BCUT2D eigenvalue weighted by molar-refractivity contribution is 6.02. The van der Waals surface area contributed by atoms with Crippen molar-refractivity contribution in [3.05, 3.63) is 23.8 Å². The third-order valence-electron chi connectivity index (χ3n) is 5.84. The number of phenols is 2. The molecule has 25 heavy (non-hydrogen) atoms. The number of cyclic esters (lactones) is 1. The fourth-order valence-corrected chi connectivity index (χ4v) is 4.56. The lowest BCUT2D eigenvalue weighted by Crippen LogP contribution is -2.50. The van der Waals surface area contributed by atoms with Gasteiger partial charge in [0, 0.05) is 6.42 Å². The molecule has 3 N–H and O–H groups in total. The Morgan fingerprint density at radius 3 is 2.80 bits per heavy atom. The first-order valence-electron chi connectivity index (χ1n) is 7.93. The number of ketones is 1. The Kier molecular flexibility index (Phi) is 3.15. The molecule has 1 aromatic carbocycles. The second-order valence-corrected chi connectivity index (χ2v) is 6.87. The number of Topliss-reactive ketones (excluding diaryl/α,β-unsaturated/α-hetero) is 1. The molecule has 1 spiro atoms. The lowest BCUT2D eigenvalue weighted by Gasteiger charge is -2.34. The molecule has 0 unspecified atom stereocenters. The SMILES string of the molecule is O=C(C[C@]12CC[C@@H]3OC(=O)[C@@H](O)[C@@]31COC2=O)c1cc(O)ccc1O. The predicted octanol–water partition coefficient (Wildman–Crippen LogP) is 0.280. The Hall–Kier alpha value is -2.61. The zero-order chi connectivity index (χ0) is 18.0. The topological polar surface area (TPSA) is 130 Å². The van der Waals surface area contributed by atoms with E-state index in [-0.39, 0.29) is 36.5 Å². The van der Waals surface area contributed by atoms with Crippen molar-refractivity contribution in [2.45, 2.75) is 31.5 Å². The van der Waals surface area contributed by atoms with Gasteiger partial charge in [-0.25, -0.2) is 4.79 Å². The van der Waals surface area contributed by atoms with Crippen LogP contribution in [0.3, 0.4) is 0 Å². The molecule has 132 valence electrons. The van der Waals surface area contributed by atoms with Gasteiger partial charge >= 0.3 is 11.9 Å². The van der Waals surface area contributed by atoms with Crippen molar-refractivity contribution in [3.63, 3.8) is 0 Å². The minimum atomic E-state index is -1.54. The monoisotopic (exact) mass is 348 g/mol. The summed E-state index contributed by atoms with van der Waals surface area (Å²) in [5.74, 6) is -2.58. The summed E-state index contributed by atoms with van der Waals surface area (Å²) in [6.07, 6.45) is -2.01. The second-order valence-electron chi connectivity index (χ2n) is 6.87. The van der Waals surface area contributed by atoms with Crippen LogP contribution in [-0.4, -0.2) is 51.9 Å². The van der Waals surface area contributed by atoms with Gasteiger partial charge in [-0.2, -0.15) is 0 Å². The van der Waals surface area contributed by atoms with Gasteiger partial charge in [-0.05, 0) is 31.0 Å². The largest absolute Gasteiger partial charge is 0.508 e. The van der Waals surface area contributed by atoms with E-state index >= 15 is 0 Å². The third-order valence-corrected chi connectivity index (χ3v) is 5.84. The van der Waals surface area contributed by atoms with Crippen LogP contribution in [0.2, 0.25) is 0 Å². The van der Waals surface area contributed by atoms with Gasteiger partial charge in [0.05, 0.1) is 16.4 Å². The number of rotatable bonds is 3. The smallest absolute Gasteiger partial charge is 0.336 e. The van der Waals surface area contributed by atoms with Crippen LogP contribution in [0.25, 0.3) is 0 Å². The fourth-order valence-electron chi connectivity index (χ4n) is 4.56. The van der Waals surface area contributed by atoms with Crippen LogP contribution in [0.5, 0.6) is 11.5 Å². The average molecular weight is 348 g/mol. The molecule has 4 rings (SSSR count). The first-order chi connectivity index (χ1) is 11.8. The van der Waals surface area contributed by atoms with Gasteiger partial charge in [0.25, 0.3) is 0 Å². The average Bonchev–Trinajstić information content (AvgIpc) is 3.12. The van der Waals surface area contributed by atoms with Crippen LogP contribution in [0.15, 0.2) is 18.2 Å². The molecule has 0 bridgehead atoms. The van der Waals surface area contributed by atoms with E-state index in [0.29, 0.717) is 6.42 Å². The number of hydrogen-bond acceptors (Lipinski definition) is 8. The van der Waals surface area contributed by atoms with Crippen molar-refractivity contribution >= 4 is 17.7 Å². The summed E-state index contributed by atoms with van der Waals surface area (Å²) in [7, 11) is 0. The van der Waals surface area contributed by atoms with E-state index in [1.54, 1.807) is 0 Å². The van der Waals surface area contributed by atoms with Crippen LogP contribution in [0.4, 0.5) is 0 Å². The van der Waals surface area contributed by atoms with Crippen LogP contribution < -0.4 is 0 Å². The Morgan fingerprint density at radius 2 is 2.04 bits per heavy atom. The fraction of sp³-hybridized carbons (Fsp3) is 0.471.